The molecule has 0 fully saturated rings. The summed E-state index contributed by atoms with van der Waals surface area (Å²) in [6.45, 7) is 5.74. The van der Waals surface area contributed by atoms with Gasteiger partial charge in [0.25, 0.3) is 5.91 Å². The average Bonchev–Trinajstić information content (AvgIpc) is 3.07. The van der Waals surface area contributed by atoms with Crippen molar-refractivity contribution in [3.05, 3.63) is 65.6 Å². The molecule has 6 N–H and O–H groups in total. The molecule has 0 radical (unpaired) electrons. The fourth-order valence-corrected chi connectivity index (χ4v) is 3.37. The molecule has 1 heterocycles. The van der Waals surface area contributed by atoms with E-state index in [1.165, 1.54) is 12.1 Å². The number of nitrogen functional groups attached to an aromatic ring is 1. The Morgan fingerprint density at radius 3 is 2.12 bits per heavy atom. The Kier molecular flexibility index (Phi) is 6.32. The highest BCUT2D eigenvalue weighted by molar-refractivity contribution is 6.05. The highest BCUT2D eigenvalue weighted by atomic mass is 19.4. The normalized spacial score (nSPS) is 11.9. The van der Waals surface area contributed by atoms with Crippen LogP contribution >= 0.6 is 0 Å². The third kappa shape index (κ3) is 5.13. The third-order valence-electron chi connectivity index (χ3n) is 5.01. The second-order valence-electron chi connectivity index (χ2n) is 8.56. The van der Waals surface area contributed by atoms with E-state index in [4.69, 9.17) is 11.5 Å². The standard InChI is InChI=1S/C23H23F4N5O2/c1-22(2,3)32-11-15(18(19(32)28)20(29)33)12-4-7-14(8-5-12)30-21(34)31-17-10-13(23(25,26)27)6-9-16(17)24/h4-11H,28H2,1-3H3,(H2,29,33)(H2,30,31,34). The van der Waals surface area contributed by atoms with Gasteiger partial charge in [-0.3, -0.25) is 4.79 Å². The molecule has 2 aromatic carbocycles. The SMILES string of the molecule is CC(C)(C)n1cc(-c2ccc(NC(=O)Nc3cc(C(F)(F)F)ccc3F)cc2)c(C(N)=O)c1N. The van der Waals surface area contributed by atoms with Gasteiger partial charge >= 0.3 is 12.2 Å². The topological polar surface area (TPSA) is 115 Å². The number of carbonyl (C=O) groups excluding carboxylic acids is 2. The van der Waals surface area contributed by atoms with Gasteiger partial charge in [-0.2, -0.15) is 13.2 Å². The minimum absolute atomic E-state index is 0.161. The molecule has 0 saturated heterocycles. The first kappa shape index (κ1) is 24.6. The lowest BCUT2D eigenvalue weighted by atomic mass is 10.0. The van der Waals surface area contributed by atoms with Gasteiger partial charge in [-0.25, -0.2) is 9.18 Å². The Morgan fingerprint density at radius 2 is 1.59 bits per heavy atom. The molecule has 0 aliphatic rings. The van der Waals surface area contributed by atoms with Crippen LogP contribution in [0.3, 0.4) is 0 Å². The maximum atomic E-state index is 13.9. The number of hydrogen-bond acceptors (Lipinski definition) is 3. The maximum absolute atomic E-state index is 13.9. The number of nitrogens with one attached hydrogen (secondary N) is 2. The first-order chi connectivity index (χ1) is 15.7. The van der Waals surface area contributed by atoms with Gasteiger partial charge in [0.15, 0.2) is 0 Å². The van der Waals surface area contributed by atoms with Crippen LogP contribution < -0.4 is 22.1 Å². The van der Waals surface area contributed by atoms with E-state index in [1.54, 1.807) is 22.9 Å². The number of urea groups is 1. The molecule has 3 amide bonds. The summed E-state index contributed by atoms with van der Waals surface area (Å²) in [5.41, 5.74) is 11.1. The van der Waals surface area contributed by atoms with E-state index in [9.17, 15) is 27.2 Å². The van der Waals surface area contributed by atoms with Crippen molar-refractivity contribution in [2.75, 3.05) is 16.4 Å². The summed E-state index contributed by atoms with van der Waals surface area (Å²) in [4.78, 5) is 24.2. The highest BCUT2D eigenvalue weighted by Gasteiger charge is 2.31. The molecule has 11 heteroatoms. The smallest absolute Gasteiger partial charge is 0.384 e. The molecule has 34 heavy (non-hydrogen) atoms. The number of rotatable bonds is 4. The van der Waals surface area contributed by atoms with Gasteiger partial charge in [-0.1, -0.05) is 12.1 Å². The second kappa shape index (κ2) is 8.73. The lowest BCUT2D eigenvalue weighted by molar-refractivity contribution is -0.137. The molecular weight excluding hydrogens is 454 g/mol. The van der Waals surface area contributed by atoms with E-state index < -0.39 is 40.7 Å². The van der Waals surface area contributed by atoms with E-state index in [0.717, 1.165) is 0 Å². The molecule has 1 aromatic heterocycles. The summed E-state index contributed by atoms with van der Waals surface area (Å²) < 4.78 is 54.1. The second-order valence-corrected chi connectivity index (χ2v) is 8.56. The quantitative estimate of drug-likeness (QED) is 0.378. The van der Waals surface area contributed by atoms with Crippen LogP contribution in [-0.4, -0.2) is 16.5 Å². The van der Waals surface area contributed by atoms with E-state index in [1.807, 2.05) is 20.8 Å². The molecule has 0 atom stereocenters. The van der Waals surface area contributed by atoms with Crippen molar-refractivity contribution < 1.29 is 27.2 Å². The number of nitrogens with two attached hydrogens (primary N) is 2. The molecule has 3 rings (SSSR count). The molecule has 0 saturated carbocycles. The van der Waals surface area contributed by atoms with Gasteiger partial charge in [-0.15, -0.1) is 0 Å². The van der Waals surface area contributed by atoms with Gasteiger partial charge < -0.3 is 26.7 Å². The predicted octanol–water partition coefficient (Wildman–Crippen LogP) is 5.39. The third-order valence-corrected chi connectivity index (χ3v) is 5.01. The van der Waals surface area contributed by atoms with Crippen molar-refractivity contribution in [1.82, 2.24) is 4.57 Å². The summed E-state index contributed by atoms with van der Waals surface area (Å²) >= 11 is 0. The van der Waals surface area contributed by atoms with Crippen LogP contribution in [0.5, 0.6) is 0 Å². The number of amides is 3. The van der Waals surface area contributed by atoms with Crippen LogP contribution in [0, 0.1) is 5.82 Å². The fourth-order valence-electron chi connectivity index (χ4n) is 3.37. The number of hydrogen-bond donors (Lipinski definition) is 4. The van der Waals surface area contributed by atoms with Crippen molar-refractivity contribution in [2.45, 2.75) is 32.5 Å². The fraction of sp³-hybridized carbons (Fsp3) is 0.217. The van der Waals surface area contributed by atoms with Crippen molar-refractivity contribution >= 4 is 29.1 Å². The Hall–Kier alpha value is -4.02. The van der Waals surface area contributed by atoms with Gasteiger partial charge in [0.2, 0.25) is 0 Å². The van der Waals surface area contributed by atoms with Gasteiger partial charge in [0.1, 0.15) is 11.6 Å². The number of aromatic nitrogens is 1. The number of halogens is 4. The predicted molar refractivity (Wildman–Crippen MR) is 122 cm³/mol. The molecule has 7 nitrogen and oxygen atoms in total. The minimum atomic E-state index is -4.68. The van der Waals surface area contributed by atoms with Crippen molar-refractivity contribution in [3.8, 4) is 11.1 Å². The molecule has 0 aliphatic carbocycles. The number of primary amides is 1. The number of carbonyl (C=O) groups is 2. The zero-order chi connectivity index (χ0) is 25.4. The summed E-state index contributed by atoms with van der Waals surface area (Å²) in [6.07, 6.45) is -2.98. The van der Waals surface area contributed by atoms with Crippen molar-refractivity contribution in [2.24, 2.45) is 5.73 Å². The summed E-state index contributed by atoms with van der Waals surface area (Å²) in [6, 6.07) is 7.00. The highest BCUT2D eigenvalue weighted by Crippen LogP contribution is 2.34. The van der Waals surface area contributed by atoms with Gasteiger partial charge in [0.05, 0.1) is 16.8 Å². The summed E-state index contributed by atoms with van der Waals surface area (Å²) in [7, 11) is 0. The Bertz CT molecular complexity index is 1240. The Morgan fingerprint density at radius 1 is 0.971 bits per heavy atom. The van der Waals surface area contributed by atoms with Crippen LogP contribution in [0.4, 0.5) is 39.5 Å². The molecule has 0 aliphatic heterocycles. The largest absolute Gasteiger partial charge is 0.416 e. The Balaban J connectivity index is 1.81. The molecule has 3 aromatic rings. The van der Waals surface area contributed by atoms with Crippen LogP contribution in [0.25, 0.3) is 11.1 Å². The van der Waals surface area contributed by atoms with E-state index in [2.05, 4.69) is 10.6 Å². The van der Waals surface area contributed by atoms with Crippen molar-refractivity contribution in [1.29, 1.82) is 0 Å². The number of anilines is 3. The zero-order valence-corrected chi connectivity index (χ0v) is 18.5. The lowest BCUT2D eigenvalue weighted by Crippen LogP contribution is -2.23. The van der Waals surface area contributed by atoms with Gasteiger partial charge in [0, 0.05) is 23.0 Å². The van der Waals surface area contributed by atoms with Crippen LogP contribution in [0.1, 0.15) is 36.7 Å². The first-order valence-electron chi connectivity index (χ1n) is 10.0. The van der Waals surface area contributed by atoms with Crippen molar-refractivity contribution in [3.63, 3.8) is 0 Å². The number of alkyl halides is 3. The van der Waals surface area contributed by atoms with E-state index in [0.29, 0.717) is 29.3 Å². The Labute approximate surface area is 192 Å². The lowest BCUT2D eigenvalue weighted by Gasteiger charge is -2.23. The maximum Gasteiger partial charge on any atom is 0.416 e. The molecular formula is C23H23F4N5O2. The summed E-state index contributed by atoms with van der Waals surface area (Å²) in [5, 5.41) is 4.48. The van der Waals surface area contributed by atoms with Crippen LogP contribution in [0.15, 0.2) is 48.7 Å². The molecule has 0 unspecified atom stereocenters. The number of benzene rings is 2. The zero-order valence-electron chi connectivity index (χ0n) is 18.5. The number of nitrogens with zero attached hydrogens (tertiary/aromatic N) is 1. The van der Waals surface area contributed by atoms with Crippen LogP contribution in [-0.2, 0) is 11.7 Å². The van der Waals surface area contributed by atoms with E-state index >= 15 is 0 Å². The molecule has 0 spiro atoms. The monoisotopic (exact) mass is 477 g/mol. The van der Waals surface area contributed by atoms with Gasteiger partial charge in [-0.05, 0) is 56.7 Å². The summed E-state index contributed by atoms with van der Waals surface area (Å²) in [5.74, 6) is -1.49. The molecule has 180 valence electrons. The van der Waals surface area contributed by atoms with E-state index in [-0.39, 0.29) is 17.1 Å². The average molecular weight is 477 g/mol. The molecule has 0 bridgehead atoms. The van der Waals surface area contributed by atoms with Crippen LogP contribution in [0.2, 0.25) is 0 Å². The minimum Gasteiger partial charge on any atom is -0.384 e. The first-order valence-corrected chi connectivity index (χ1v) is 10.0.